The third-order valence-electron chi connectivity index (χ3n) is 2.90. The van der Waals surface area contributed by atoms with Gasteiger partial charge < -0.3 is 11.1 Å². The van der Waals surface area contributed by atoms with Crippen LogP contribution in [0.25, 0.3) is 5.82 Å². The Labute approximate surface area is 118 Å². The molecule has 6 nitrogen and oxygen atoms in total. The van der Waals surface area contributed by atoms with Gasteiger partial charge in [-0.25, -0.2) is 9.97 Å². The van der Waals surface area contributed by atoms with E-state index in [9.17, 15) is 4.79 Å². The van der Waals surface area contributed by atoms with E-state index in [-0.39, 0.29) is 11.9 Å². The van der Waals surface area contributed by atoms with E-state index in [1.54, 1.807) is 12.4 Å². The number of pyridine rings is 1. The van der Waals surface area contributed by atoms with E-state index in [1.807, 2.05) is 36.7 Å². The molecule has 0 saturated carbocycles. The van der Waals surface area contributed by atoms with Crippen LogP contribution >= 0.6 is 0 Å². The first-order chi connectivity index (χ1) is 9.58. The molecule has 0 saturated heterocycles. The maximum absolute atomic E-state index is 11.7. The molecule has 0 aliphatic heterocycles. The second-order valence-corrected chi connectivity index (χ2v) is 4.79. The topological polar surface area (TPSA) is 85.8 Å². The quantitative estimate of drug-likeness (QED) is 0.848. The molecule has 0 spiro atoms. The van der Waals surface area contributed by atoms with Gasteiger partial charge >= 0.3 is 0 Å². The molecule has 106 valence electrons. The number of nitrogens with two attached hydrogens (primary N) is 1. The first-order valence-electron chi connectivity index (χ1n) is 6.54. The van der Waals surface area contributed by atoms with Crippen LogP contribution < -0.4 is 11.1 Å². The van der Waals surface area contributed by atoms with Crippen molar-refractivity contribution >= 4 is 5.91 Å². The molecule has 2 aromatic rings. The molecule has 2 heterocycles. The van der Waals surface area contributed by atoms with Gasteiger partial charge in [-0.2, -0.15) is 0 Å². The van der Waals surface area contributed by atoms with Crippen molar-refractivity contribution < 1.29 is 4.79 Å². The van der Waals surface area contributed by atoms with Gasteiger partial charge in [0, 0.05) is 43.2 Å². The predicted octanol–water partition coefficient (Wildman–Crippen LogP) is 0.929. The van der Waals surface area contributed by atoms with Crippen LogP contribution in [0.5, 0.6) is 0 Å². The molecule has 1 unspecified atom stereocenters. The lowest BCUT2D eigenvalue weighted by Gasteiger charge is -2.12. The normalized spacial score (nSPS) is 12.2. The zero-order valence-corrected chi connectivity index (χ0v) is 11.7. The molecule has 0 radical (unpaired) electrons. The second kappa shape index (κ2) is 6.29. The summed E-state index contributed by atoms with van der Waals surface area (Å²) >= 11 is 0. The lowest BCUT2D eigenvalue weighted by atomic mass is 10.2. The van der Waals surface area contributed by atoms with Crippen molar-refractivity contribution in [1.29, 1.82) is 0 Å². The number of nitrogens with one attached hydrogen (secondary N) is 1. The minimum absolute atomic E-state index is 0.0582. The van der Waals surface area contributed by atoms with Crippen molar-refractivity contribution in [3.05, 3.63) is 42.1 Å². The minimum Gasteiger partial charge on any atom is -0.352 e. The van der Waals surface area contributed by atoms with Crippen LogP contribution in [0, 0.1) is 6.92 Å². The van der Waals surface area contributed by atoms with Crippen molar-refractivity contribution in [2.45, 2.75) is 32.9 Å². The molecular formula is C14H19N5O. The summed E-state index contributed by atoms with van der Waals surface area (Å²) in [5.74, 6) is 1.58. The van der Waals surface area contributed by atoms with Gasteiger partial charge in [0.25, 0.3) is 0 Å². The zero-order chi connectivity index (χ0) is 14.5. The molecule has 6 heteroatoms. The molecule has 3 N–H and O–H groups in total. The third-order valence-corrected chi connectivity index (χ3v) is 2.90. The van der Waals surface area contributed by atoms with Gasteiger partial charge in [-0.1, -0.05) is 6.07 Å². The lowest BCUT2D eigenvalue weighted by molar-refractivity contribution is -0.121. The summed E-state index contributed by atoms with van der Waals surface area (Å²) in [5.41, 5.74) is 6.54. The van der Waals surface area contributed by atoms with E-state index in [2.05, 4.69) is 15.3 Å². The number of amides is 1. The van der Waals surface area contributed by atoms with Crippen LogP contribution in [0.1, 0.15) is 24.7 Å². The van der Waals surface area contributed by atoms with Crippen LogP contribution in [0.15, 0.2) is 30.7 Å². The van der Waals surface area contributed by atoms with E-state index in [1.165, 1.54) is 0 Å². The number of carbonyl (C=O) groups is 1. The number of aromatic nitrogens is 3. The van der Waals surface area contributed by atoms with E-state index < -0.39 is 0 Å². The number of hydrogen-bond donors (Lipinski definition) is 2. The Hall–Kier alpha value is -2.21. The number of rotatable bonds is 5. The first kappa shape index (κ1) is 14.2. The Balaban J connectivity index is 2.13. The number of carbonyl (C=O) groups excluding carboxylic acids is 1. The summed E-state index contributed by atoms with van der Waals surface area (Å²) in [5, 5.41) is 2.86. The van der Waals surface area contributed by atoms with E-state index in [0.29, 0.717) is 13.0 Å². The van der Waals surface area contributed by atoms with Crippen molar-refractivity contribution in [3.63, 3.8) is 0 Å². The van der Waals surface area contributed by atoms with E-state index in [0.717, 1.165) is 17.2 Å². The molecule has 0 aromatic carbocycles. The summed E-state index contributed by atoms with van der Waals surface area (Å²) < 4.78 is 1.90. The highest BCUT2D eigenvalue weighted by atomic mass is 16.1. The standard InChI is InChI=1S/C14H19N5O/c1-10(15)8-13(20)18-9-12-4-3-5-17-14(12)19-7-6-16-11(19)2/h3-7,10H,8-9,15H2,1-2H3,(H,18,20). The number of hydrogen-bond acceptors (Lipinski definition) is 4. The Morgan fingerprint density at radius 1 is 1.45 bits per heavy atom. The largest absolute Gasteiger partial charge is 0.352 e. The maximum atomic E-state index is 11.7. The van der Waals surface area contributed by atoms with Crippen molar-refractivity contribution in [1.82, 2.24) is 19.9 Å². The monoisotopic (exact) mass is 273 g/mol. The van der Waals surface area contributed by atoms with E-state index >= 15 is 0 Å². The van der Waals surface area contributed by atoms with Gasteiger partial charge in [-0.15, -0.1) is 0 Å². The first-order valence-corrected chi connectivity index (χ1v) is 6.54. The Kier molecular flexibility index (Phi) is 4.47. The van der Waals surface area contributed by atoms with Crippen LogP contribution in [0.2, 0.25) is 0 Å². The number of nitrogens with zero attached hydrogens (tertiary/aromatic N) is 3. The zero-order valence-electron chi connectivity index (χ0n) is 11.7. The second-order valence-electron chi connectivity index (χ2n) is 4.79. The highest BCUT2D eigenvalue weighted by Gasteiger charge is 2.10. The van der Waals surface area contributed by atoms with Gasteiger partial charge in [-0.3, -0.25) is 9.36 Å². The van der Waals surface area contributed by atoms with Crippen molar-refractivity contribution in [2.75, 3.05) is 0 Å². The fourth-order valence-corrected chi connectivity index (χ4v) is 1.95. The summed E-state index contributed by atoms with van der Waals surface area (Å²) in [4.78, 5) is 20.2. The molecule has 2 aromatic heterocycles. The van der Waals surface area contributed by atoms with Crippen LogP contribution in [-0.4, -0.2) is 26.5 Å². The highest BCUT2D eigenvalue weighted by molar-refractivity contribution is 5.76. The van der Waals surface area contributed by atoms with Crippen LogP contribution in [-0.2, 0) is 11.3 Å². The lowest BCUT2D eigenvalue weighted by Crippen LogP contribution is -2.29. The third kappa shape index (κ3) is 3.42. The average Bonchev–Trinajstić information content (AvgIpc) is 2.82. The van der Waals surface area contributed by atoms with Crippen LogP contribution in [0.4, 0.5) is 0 Å². The molecule has 0 aliphatic carbocycles. The molecule has 20 heavy (non-hydrogen) atoms. The van der Waals surface area contributed by atoms with Crippen molar-refractivity contribution in [2.24, 2.45) is 5.73 Å². The van der Waals surface area contributed by atoms with Gasteiger partial charge in [0.05, 0.1) is 0 Å². The minimum atomic E-state index is -0.140. The Bertz CT molecular complexity index is 591. The highest BCUT2D eigenvalue weighted by Crippen LogP contribution is 2.13. The molecule has 1 amide bonds. The molecule has 0 fully saturated rings. The van der Waals surface area contributed by atoms with Crippen molar-refractivity contribution in [3.8, 4) is 5.82 Å². The van der Waals surface area contributed by atoms with Gasteiger partial charge in [0.1, 0.15) is 11.6 Å². The SMILES string of the molecule is Cc1nccn1-c1ncccc1CNC(=O)CC(C)N. The molecule has 2 rings (SSSR count). The molecular weight excluding hydrogens is 254 g/mol. The Morgan fingerprint density at radius 3 is 2.90 bits per heavy atom. The number of aryl methyl sites for hydroxylation is 1. The average molecular weight is 273 g/mol. The van der Waals surface area contributed by atoms with E-state index in [4.69, 9.17) is 5.73 Å². The fourth-order valence-electron chi connectivity index (χ4n) is 1.95. The Morgan fingerprint density at radius 2 is 2.25 bits per heavy atom. The predicted molar refractivity (Wildman–Crippen MR) is 76.2 cm³/mol. The summed E-state index contributed by atoms with van der Waals surface area (Å²) in [6.45, 7) is 4.14. The van der Waals surface area contributed by atoms with Gasteiger partial charge in [0.15, 0.2) is 0 Å². The number of imidazole rings is 1. The maximum Gasteiger partial charge on any atom is 0.221 e. The summed E-state index contributed by atoms with van der Waals surface area (Å²) in [7, 11) is 0. The van der Waals surface area contributed by atoms with Crippen LogP contribution in [0.3, 0.4) is 0 Å². The fraction of sp³-hybridized carbons (Fsp3) is 0.357. The molecule has 1 atom stereocenters. The van der Waals surface area contributed by atoms with Gasteiger partial charge in [-0.05, 0) is 19.9 Å². The van der Waals surface area contributed by atoms with Gasteiger partial charge in [0.2, 0.25) is 5.91 Å². The smallest absolute Gasteiger partial charge is 0.221 e. The summed E-state index contributed by atoms with van der Waals surface area (Å²) in [6, 6.07) is 3.65. The molecule has 0 bridgehead atoms. The summed E-state index contributed by atoms with van der Waals surface area (Å²) in [6.07, 6.45) is 5.62. The molecule has 0 aliphatic rings.